The molecule has 0 aromatic heterocycles. The summed E-state index contributed by atoms with van der Waals surface area (Å²) in [5.41, 5.74) is 0. The number of hydrogen-bond acceptors (Lipinski definition) is 1. The second-order valence-corrected chi connectivity index (χ2v) is 4.16. The SMILES string of the molecule is C1=CC2OCCC3CC1CC32. The summed E-state index contributed by atoms with van der Waals surface area (Å²) in [6, 6.07) is 0. The largest absolute Gasteiger partial charge is 0.374 e. The first-order chi connectivity index (χ1) is 5.43. The average molecular weight is 150 g/mol. The molecule has 0 aromatic rings. The van der Waals surface area contributed by atoms with Crippen molar-refractivity contribution in [3.05, 3.63) is 12.2 Å². The van der Waals surface area contributed by atoms with E-state index in [9.17, 15) is 0 Å². The third kappa shape index (κ3) is 0.807. The number of fused-ring (bicyclic) bond motifs is 1. The third-order valence-electron chi connectivity index (χ3n) is 3.58. The maximum absolute atomic E-state index is 5.69. The van der Waals surface area contributed by atoms with Crippen molar-refractivity contribution in [2.75, 3.05) is 6.61 Å². The minimum absolute atomic E-state index is 0.493. The first kappa shape index (κ1) is 6.24. The molecular formula is C10H14O. The van der Waals surface area contributed by atoms with Crippen molar-refractivity contribution in [3.8, 4) is 0 Å². The van der Waals surface area contributed by atoms with E-state index in [2.05, 4.69) is 12.2 Å². The summed E-state index contributed by atoms with van der Waals surface area (Å²) in [4.78, 5) is 0. The summed E-state index contributed by atoms with van der Waals surface area (Å²) in [5, 5.41) is 0. The lowest BCUT2D eigenvalue weighted by Gasteiger charge is -2.32. The molecule has 3 rings (SSSR count). The van der Waals surface area contributed by atoms with Crippen molar-refractivity contribution in [3.63, 3.8) is 0 Å². The lowest BCUT2D eigenvalue weighted by molar-refractivity contribution is -0.0191. The minimum atomic E-state index is 0.493. The number of allylic oxidation sites excluding steroid dienone is 1. The van der Waals surface area contributed by atoms with E-state index in [1.165, 1.54) is 19.3 Å². The molecule has 0 spiro atoms. The molecule has 11 heavy (non-hydrogen) atoms. The van der Waals surface area contributed by atoms with Gasteiger partial charge < -0.3 is 4.74 Å². The van der Waals surface area contributed by atoms with Crippen molar-refractivity contribution in [2.24, 2.45) is 17.8 Å². The van der Waals surface area contributed by atoms with Crippen LogP contribution in [0, 0.1) is 17.8 Å². The van der Waals surface area contributed by atoms with Gasteiger partial charge in [-0.3, -0.25) is 0 Å². The maximum atomic E-state index is 5.69. The summed E-state index contributed by atoms with van der Waals surface area (Å²) in [5.74, 6) is 2.79. The van der Waals surface area contributed by atoms with Crippen molar-refractivity contribution >= 4 is 0 Å². The van der Waals surface area contributed by atoms with Crippen LogP contribution in [-0.4, -0.2) is 12.7 Å². The van der Waals surface area contributed by atoms with E-state index in [-0.39, 0.29) is 0 Å². The normalized spacial score (nSPS) is 53.1. The van der Waals surface area contributed by atoms with E-state index in [0.717, 1.165) is 24.4 Å². The van der Waals surface area contributed by atoms with Crippen LogP contribution < -0.4 is 0 Å². The highest BCUT2D eigenvalue weighted by Gasteiger charge is 2.42. The van der Waals surface area contributed by atoms with E-state index in [1.54, 1.807) is 0 Å². The summed E-state index contributed by atoms with van der Waals surface area (Å²) >= 11 is 0. The molecule has 2 fully saturated rings. The monoisotopic (exact) mass is 150 g/mol. The van der Waals surface area contributed by atoms with Crippen molar-refractivity contribution in [1.82, 2.24) is 0 Å². The van der Waals surface area contributed by atoms with Crippen molar-refractivity contribution < 1.29 is 4.74 Å². The van der Waals surface area contributed by atoms with Crippen LogP contribution in [0.2, 0.25) is 0 Å². The second kappa shape index (κ2) is 2.10. The van der Waals surface area contributed by atoms with Crippen LogP contribution in [0.1, 0.15) is 19.3 Å². The molecule has 1 saturated carbocycles. The van der Waals surface area contributed by atoms with Gasteiger partial charge in [-0.2, -0.15) is 0 Å². The van der Waals surface area contributed by atoms with Crippen molar-refractivity contribution in [1.29, 1.82) is 0 Å². The van der Waals surface area contributed by atoms with Gasteiger partial charge >= 0.3 is 0 Å². The van der Waals surface area contributed by atoms with Gasteiger partial charge in [-0.15, -0.1) is 0 Å². The standard InChI is InChI=1S/C10H14O/c1-2-10-9-6-7(1)5-8(9)3-4-11-10/h1-2,7-10H,3-6H2. The highest BCUT2D eigenvalue weighted by Crippen LogP contribution is 2.47. The molecule has 1 heterocycles. The fourth-order valence-corrected chi connectivity index (χ4v) is 3.04. The first-order valence-corrected chi connectivity index (χ1v) is 4.73. The van der Waals surface area contributed by atoms with Crippen LogP contribution in [0.25, 0.3) is 0 Å². The van der Waals surface area contributed by atoms with Gasteiger partial charge in [0.05, 0.1) is 6.10 Å². The molecule has 2 bridgehead atoms. The number of rotatable bonds is 0. The van der Waals surface area contributed by atoms with E-state index in [4.69, 9.17) is 4.74 Å². The Labute approximate surface area is 67.4 Å². The summed E-state index contributed by atoms with van der Waals surface area (Å²) in [7, 11) is 0. The van der Waals surface area contributed by atoms with E-state index in [0.29, 0.717) is 6.10 Å². The second-order valence-electron chi connectivity index (χ2n) is 4.16. The molecule has 0 radical (unpaired) electrons. The Morgan fingerprint density at radius 3 is 3.18 bits per heavy atom. The number of hydrogen-bond donors (Lipinski definition) is 0. The van der Waals surface area contributed by atoms with Gasteiger partial charge in [0.15, 0.2) is 0 Å². The van der Waals surface area contributed by atoms with Gasteiger partial charge in [-0.25, -0.2) is 0 Å². The molecule has 1 aliphatic heterocycles. The zero-order chi connectivity index (χ0) is 7.26. The Morgan fingerprint density at radius 2 is 2.18 bits per heavy atom. The van der Waals surface area contributed by atoms with Crippen molar-refractivity contribution in [2.45, 2.75) is 25.4 Å². The molecule has 1 saturated heterocycles. The van der Waals surface area contributed by atoms with Gasteiger partial charge in [0.25, 0.3) is 0 Å². The van der Waals surface area contributed by atoms with Crippen LogP contribution >= 0.6 is 0 Å². The topological polar surface area (TPSA) is 9.23 Å². The molecule has 4 atom stereocenters. The van der Waals surface area contributed by atoms with Crippen LogP contribution in [0.5, 0.6) is 0 Å². The Bertz CT molecular complexity index is 195. The van der Waals surface area contributed by atoms with Crippen LogP contribution in [0.3, 0.4) is 0 Å². The third-order valence-corrected chi connectivity index (χ3v) is 3.58. The fourth-order valence-electron chi connectivity index (χ4n) is 3.04. The van der Waals surface area contributed by atoms with Gasteiger partial charge in [0.2, 0.25) is 0 Å². The van der Waals surface area contributed by atoms with Crippen LogP contribution in [0.4, 0.5) is 0 Å². The van der Waals surface area contributed by atoms with Gasteiger partial charge in [-0.1, -0.05) is 12.2 Å². The quantitative estimate of drug-likeness (QED) is 0.480. The van der Waals surface area contributed by atoms with E-state index < -0.39 is 0 Å². The zero-order valence-corrected chi connectivity index (χ0v) is 6.70. The van der Waals surface area contributed by atoms with Crippen LogP contribution in [-0.2, 0) is 4.74 Å². The molecule has 2 aliphatic carbocycles. The zero-order valence-electron chi connectivity index (χ0n) is 6.70. The minimum Gasteiger partial charge on any atom is -0.374 e. The summed E-state index contributed by atoms with van der Waals surface area (Å²) < 4.78 is 5.69. The average Bonchev–Trinajstić information content (AvgIpc) is 2.42. The molecule has 3 aliphatic rings. The van der Waals surface area contributed by atoms with E-state index >= 15 is 0 Å². The Morgan fingerprint density at radius 1 is 1.18 bits per heavy atom. The smallest absolute Gasteiger partial charge is 0.0786 e. The summed E-state index contributed by atoms with van der Waals surface area (Å²) in [6.07, 6.45) is 9.35. The van der Waals surface area contributed by atoms with Crippen LogP contribution in [0.15, 0.2) is 12.2 Å². The Hall–Kier alpha value is -0.300. The molecule has 60 valence electrons. The van der Waals surface area contributed by atoms with Gasteiger partial charge in [0.1, 0.15) is 0 Å². The number of ether oxygens (including phenoxy) is 1. The molecule has 4 unspecified atom stereocenters. The Balaban J connectivity index is 1.96. The highest BCUT2D eigenvalue weighted by molar-refractivity contribution is 5.10. The first-order valence-electron chi connectivity index (χ1n) is 4.73. The Kier molecular flexibility index (Phi) is 1.19. The molecular weight excluding hydrogens is 136 g/mol. The van der Waals surface area contributed by atoms with Gasteiger partial charge in [-0.05, 0) is 37.0 Å². The molecule has 0 amide bonds. The molecule has 0 aromatic carbocycles. The van der Waals surface area contributed by atoms with Gasteiger partial charge in [0, 0.05) is 6.61 Å². The lowest BCUT2D eigenvalue weighted by Crippen LogP contribution is -2.32. The molecule has 1 heteroatoms. The maximum Gasteiger partial charge on any atom is 0.0786 e. The predicted molar refractivity (Wildman–Crippen MR) is 43.2 cm³/mol. The lowest BCUT2D eigenvalue weighted by atomic mass is 9.85. The highest BCUT2D eigenvalue weighted by atomic mass is 16.5. The fraction of sp³-hybridized carbons (Fsp3) is 0.800. The van der Waals surface area contributed by atoms with E-state index in [1.807, 2.05) is 0 Å². The molecule has 0 N–H and O–H groups in total. The molecule has 1 nitrogen and oxygen atoms in total. The predicted octanol–water partition coefficient (Wildman–Crippen LogP) is 1.99. The summed E-state index contributed by atoms with van der Waals surface area (Å²) in [6.45, 7) is 1.00.